The molecule has 0 aliphatic carbocycles. The number of carbonyl (C=O) groups is 4. The number of ether oxygens (including phenoxy) is 2. The van der Waals surface area contributed by atoms with Crippen molar-refractivity contribution >= 4 is 46.9 Å². The minimum Gasteiger partial charge on any atom is -0.546 e. The molecule has 0 bridgehead atoms. The molecule has 0 heterocycles. The van der Waals surface area contributed by atoms with Gasteiger partial charge in [-0.25, -0.2) is 18.4 Å². The second-order valence-corrected chi connectivity index (χ2v) is 2.87. The molecule has 0 radical (unpaired) electrons. The number of alkyl halides is 2. The molecule has 2 atom stereocenters. The van der Waals surface area contributed by atoms with Gasteiger partial charge in [0.15, 0.2) is 0 Å². The molecule has 0 saturated carbocycles. The number of carbonyl (C=O) groups excluding carboxylic acids is 4. The van der Waals surface area contributed by atoms with Gasteiger partial charge >= 0.3 is 35.0 Å². The summed E-state index contributed by atoms with van der Waals surface area (Å²) in [6.07, 6.45) is -5.33. The van der Waals surface area contributed by atoms with Crippen molar-refractivity contribution in [1.29, 1.82) is 0 Å². The van der Waals surface area contributed by atoms with E-state index in [-0.39, 0.29) is 36.3 Å². The number of aliphatic carboxylic acids is 2. The quantitative estimate of drug-likeness (QED) is 0.285. The van der Waals surface area contributed by atoms with Crippen LogP contribution < -0.4 is 10.2 Å². The Morgan fingerprint density at radius 2 is 1.10 bits per heavy atom. The number of esters is 2. The van der Waals surface area contributed by atoms with Crippen LogP contribution in [0.4, 0.5) is 8.78 Å². The van der Waals surface area contributed by atoms with Crippen LogP contribution in [0.15, 0.2) is 0 Å². The van der Waals surface area contributed by atoms with Gasteiger partial charge in [-0.05, 0) is 13.8 Å². The van der Waals surface area contributed by atoms with Crippen LogP contribution >= 0.6 is 0 Å². The largest absolute Gasteiger partial charge is 2.00 e. The van der Waals surface area contributed by atoms with Crippen molar-refractivity contribution in [2.45, 2.75) is 26.2 Å². The summed E-state index contributed by atoms with van der Waals surface area (Å²) in [5.41, 5.74) is 0. The summed E-state index contributed by atoms with van der Waals surface area (Å²) >= 11 is 0. The van der Waals surface area contributed by atoms with Gasteiger partial charge in [-0.15, -0.1) is 0 Å². The smallest absolute Gasteiger partial charge is 0.546 e. The summed E-state index contributed by atoms with van der Waals surface area (Å²) in [6.45, 7) is 2.79. The van der Waals surface area contributed by atoms with Crippen LogP contribution in [0, 0.1) is 0 Å². The van der Waals surface area contributed by atoms with Crippen molar-refractivity contribution in [2.75, 3.05) is 13.2 Å². The molecule has 0 amide bonds. The van der Waals surface area contributed by atoms with E-state index in [9.17, 15) is 38.2 Å². The third kappa shape index (κ3) is 12.0. The number of hydrogen-bond donors (Lipinski definition) is 0. The van der Waals surface area contributed by atoms with Crippen molar-refractivity contribution in [1.82, 2.24) is 0 Å². The predicted molar refractivity (Wildman–Crippen MR) is 58.8 cm³/mol. The van der Waals surface area contributed by atoms with Crippen molar-refractivity contribution in [3.05, 3.63) is 0 Å². The molecule has 0 aliphatic heterocycles. The van der Waals surface area contributed by atoms with E-state index in [1.165, 1.54) is 13.8 Å². The van der Waals surface area contributed by atoms with Gasteiger partial charge in [0.25, 0.3) is 0 Å². The molecule has 0 N–H and O–H groups in total. The van der Waals surface area contributed by atoms with Crippen LogP contribution in [-0.4, -0.2) is 72.5 Å². The van der Waals surface area contributed by atoms with E-state index >= 15 is 0 Å². The van der Waals surface area contributed by atoms with Gasteiger partial charge in [0.2, 0.25) is 12.3 Å². The van der Waals surface area contributed by atoms with Gasteiger partial charge in [0.05, 0.1) is 25.2 Å². The van der Waals surface area contributed by atoms with Crippen molar-refractivity contribution in [3.8, 4) is 0 Å². The predicted octanol–water partition coefficient (Wildman–Crippen LogP) is -3.11. The topological polar surface area (TPSA) is 133 Å². The zero-order chi connectivity index (χ0) is 16.3. The van der Waals surface area contributed by atoms with E-state index in [4.69, 9.17) is 0 Å². The van der Waals surface area contributed by atoms with Crippen LogP contribution in [0.25, 0.3) is 0 Å². The van der Waals surface area contributed by atoms with Crippen molar-refractivity contribution in [3.63, 3.8) is 0 Å². The van der Waals surface area contributed by atoms with Gasteiger partial charge in [0, 0.05) is 0 Å². The maximum Gasteiger partial charge on any atom is 2.00 e. The summed E-state index contributed by atoms with van der Waals surface area (Å²) in [4.78, 5) is 39.6. The Hall–Kier alpha value is -1.49. The number of halogens is 2. The normalized spacial score (nSPS) is 11.6. The van der Waals surface area contributed by atoms with Crippen LogP contribution in [-0.2, 0) is 28.7 Å². The van der Waals surface area contributed by atoms with E-state index in [0.717, 1.165) is 0 Å². The first-order chi connectivity index (χ1) is 9.18. The third-order valence-corrected chi connectivity index (χ3v) is 1.40. The molecule has 11 heteroatoms. The first kappa shape index (κ1) is 24.5. The van der Waals surface area contributed by atoms with Gasteiger partial charge < -0.3 is 29.3 Å². The van der Waals surface area contributed by atoms with Gasteiger partial charge in [-0.2, -0.15) is 0 Å². The summed E-state index contributed by atoms with van der Waals surface area (Å²) in [5.74, 6) is -6.97. The molecule has 0 aromatic rings. The Balaban J connectivity index is -0.000000295. The minimum atomic E-state index is -2.67. The molecule has 0 rings (SSSR count). The van der Waals surface area contributed by atoms with E-state index < -0.39 is 36.2 Å². The standard InChI is InChI=1S/2C5H7FO4.Mg/c2*1-2-10-5(9)3(6)4(7)8;/h2*3H,2H2,1H3,(H,7,8);/q;;+2/p-2. The SMILES string of the molecule is CCOC(=O)C(F)C(=O)[O-].CCOC(=O)C(F)C(=O)[O-].[Mg+2]. The summed E-state index contributed by atoms with van der Waals surface area (Å²) in [5, 5.41) is 19.3. The molecule has 0 aliphatic rings. The van der Waals surface area contributed by atoms with Gasteiger partial charge in [-0.1, -0.05) is 0 Å². The van der Waals surface area contributed by atoms with E-state index in [1.54, 1.807) is 0 Å². The number of rotatable bonds is 6. The molecule has 116 valence electrons. The Bertz CT molecular complexity index is 329. The van der Waals surface area contributed by atoms with Crippen molar-refractivity contribution in [2.24, 2.45) is 0 Å². The average molecular weight is 322 g/mol. The van der Waals surface area contributed by atoms with Crippen LogP contribution in [0.5, 0.6) is 0 Å². The second kappa shape index (κ2) is 13.5. The van der Waals surface area contributed by atoms with E-state index in [0.29, 0.717) is 0 Å². The molecular weight excluding hydrogens is 310 g/mol. The molecule has 0 aromatic carbocycles. The Kier molecular flexibility index (Phi) is 15.7. The third-order valence-electron chi connectivity index (χ3n) is 1.40. The fourth-order valence-electron chi connectivity index (χ4n) is 0.623. The van der Waals surface area contributed by atoms with Crippen LogP contribution in [0.1, 0.15) is 13.8 Å². The second-order valence-electron chi connectivity index (χ2n) is 2.87. The summed E-state index contributed by atoms with van der Waals surface area (Å²) < 4.78 is 32.0. The van der Waals surface area contributed by atoms with Crippen LogP contribution in [0.3, 0.4) is 0 Å². The maximum atomic E-state index is 12.0. The molecule has 0 saturated heterocycles. The van der Waals surface area contributed by atoms with Gasteiger partial charge in [-0.3, -0.25) is 0 Å². The monoisotopic (exact) mass is 322 g/mol. The number of carboxylic acid groups (broad SMARTS) is 2. The molecular formula is C10H12F2MgO8. The Morgan fingerprint density at radius 3 is 1.24 bits per heavy atom. The van der Waals surface area contributed by atoms with Crippen LogP contribution in [0.2, 0.25) is 0 Å². The number of carboxylic acids is 2. The van der Waals surface area contributed by atoms with E-state index in [1.807, 2.05) is 0 Å². The minimum absolute atomic E-state index is 0. The van der Waals surface area contributed by atoms with Gasteiger partial charge in [0.1, 0.15) is 0 Å². The number of hydrogen-bond acceptors (Lipinski definition) is 8. The van der Waals surface area contributed by atoms with Crippen molar-refractivity contribution < 1.29 is 47.6 Å². The maximum absolute atomic E-state index is 12.0. The summed E-state index contributed by atoms with van der Waals surface area (Å²) in [7, 11) is 0. The molecule has 8 nitrogen and oxygen atoms in total. The molecule has 0 fully saturated rings. The molecule has 0 spiro atoms. The molecule has 21 heavy (non-hydrogen) atoms. The zero-order valence-electron chi connectivity index (χ0n) is 11.3. The fourth-order valence-corrected chi connectivity index (χ4v) is 0.623. The molecule has 0 aromatic heterocycles. The first-order valence-electron chi connectivity index (χ1n) is 5.22. The van der Waals surface area contributed by atoms with E-state index in [2.05, 4.69) is 9.47 Å². The molecule has 2 unspecified atom stereocenters. The summed E-state index contributed by atoms with van der Waals surface area (Å²) in [6, 6.07) is 0. The Labute approximate surface area is 134 Å². The Morgan fingerprint density at radius 1 is 0.857 bits per heavy atom. The fraction of sp³-hybridized carbons (Fsp3) is 0.600. The first-order valence-corrected chi connectivity index (χ1v) is 5.22. The zero-order valence-corrected chi connectivity index (χ0v) is 12.7. The average Bonchev–Trinajstić information content (AvgIpc) is 2.37.